The van der Waals surface area contributed by atoms with Crippen LogP contribution < -0.4 is 16.2 Å². The van der Waals surface area contributed by atoms with Crippen LogP contribution in [0.4, 0.5) is 5.82 Å². The molecule has 0 bridgehead atoms. The molecule has 0 unspecified atom stereocenters. The van der Waals surface area contributed by atoms with Crippen LogP contribution >= 0.6 is 0 Å². The average molecular weight is 454 g/mol. The van der Waals surface area contributed by atoms with Crippen LogP contribution in [0.1, 0.15) is 50.5 Å². The Morgan fingerprint density at radius 3 is 2.48 bits per heavy atom. The number of rotatable bonds is 6. The number of hydrogen-bond donors (Lipinski definition) is 2. The van der Waals surface area contributed by atoms with E-state index < -0.39 is 5.60 Å². The molecular weight excluding hydrogens is 418 g/mol. The molecule has 8 nitrogen and oxygen atoms in total. The molecule has 0 aliphatic carbocycles. The van der Waals surface area contributed by atoms with Gasteiger partial charge < -0.3 is 20.6 Å². The minimum absolute atomic E-state index is 0.109. The number of aromatic nitrogens is 2. The first-order valence-electron chi connectivity index (χ1n) is 12.0. The molecule has 1 aromatic carbocycles. The maximum atomic E-state index is 12.8. The molecule has 0 saturated carbocycles. The van der Waals surface area contributed by atoms with Gasteiger partial charge in [-0.05, 0) is 37.2 Å². The van der Waals surface area contributed by atoms with E-state index >= 15 is 0 Å². The Morgan fingerprint density at radius 2 is 1.85 bits per heavy atom. The number of anilines is 1. The van der Waals surface area contributed by atoms with Gasteiger partial charge in [0.1, 0.15) is 5.82 Å². The Morgan fingerprint density at radius 1 is 1.18 bits per heavy atom. The predicted molar refractivity (Wildman–Crippen MR) is 128 cm³/mol. The van der Waals surface area contributed by atoms with Crippen molar-refractivity contribution in [2.24, 2.45) is 5.73 Å². The zero-order valence-corrected chi connectivity index (χ0v) is 19.4. The normalized spacial score (nSPS) is 20.0. The first-order valence-corrected chi connectivity index (χ1v) is 12.0. The monoisotopic (exact) mass is 453 g/mol. The fraction of sp³-hybridized carbons (Fsp3) is 0.560. The molecule has 2 aromatic rings. The molecule has 3 heterocycles. The highest BCUT2D eigenvalue weighted by Gasteiger charge is 2.35. The smallest absolute Gasteiger partial charge is 0.255 e. The molecule has 33 heavy (non-hydrogen) atoms. The molecule has 2 fully saturated rings. The summed E-state index contributed by atoms with van der Waals surface area (Å²) >= 11 is 0. The van der Waals surface area contributed by atoms with E-state index in [1.54, 1.807) is 6.07 Å². The van der Waals surface area contributed by atoms with Crippen molar-refractivity contribution in [3.8, 4) is 0 Å². The quantitative estimate of drug-likeness (QED) is 0.690. The number of nitrogens with two attached hydrogens (primary N) is 1. The minimum Gasteiger partial charge on any atom is -0.388 e. The molecule has 1 amide bonds. The molecule has 178 valence electrons. The summed E-state index contributed by atoms with van der Waals surface area (Å²) in [6.07, 6.45) is 4.65. The van der Waals surface area contributed by atoms with Crippen LogP contribution in [0.25, 0.3) is 0 Å². The van der Waals surface area contributed by atoms with Gasteiger partial charge in [0.05, 0.1) is 18.5 Å². The fourth-order valence-corrected chi connectivity index (χ4v) is 4.77. The van der Waals surface area contributed by atoms with Crippen molar-refractivity contribution < 1.29 is 9.90 Å². The van der Waals surface area contributed by atoms with E-state index in [1.807, 2.05) is 35.2 Å². The number of amides is 1. The van der Waals surface area contributed by atoms with Crippen molar-refractivity contribution in [1.29, 1.82) is 0 Å². The van der Waals surface area contributed by atoms with E-state index in [9.17, 15) is 14.7 Å². The molecule has 1 aromatic heterocycles. The largest absolute Gasteiger partial charge is 0.388 e. The Hall–Kier alpha value is -2.71. The van der Waals surface area contributed by atoms with E-state index in [0.717, 1.165) is 31.5 Å². The molecule has 2 aliphatic heterocycles. The highest BCUT2D eigenvalue weighted by atomic mass is 16.3. The van der Waals surface area contributed by atoms with E-state index in [2.05, 4.69) is 16.8 Å². The highest BCUT2D eigenvalue weighted by molar-refractivity contribution is 5.77. The van der Waals surface area contributed by atoms with Gasteiger partial charge in [-0.15, -0.1) is 0 Å². The molecule has 2 aliphatic rings. The third kappa shape index (κ3) is 5.81. The predicted octanol–water partition coefficient (Wildman–Crippen LogP) is 1.72. The van der Waals surface area contributed by atoms with Gasteiger partial charge in [0, 0.05) is 44.7 Å². The first-order chi connectivity index (χ1) is 15.8. The zero-order valence-electron chi connectivity index (χ0n) is 19.4. The van der Waals surface area contributed by atoms with Crippen LogP contribution in [0.15, 0.2) is 47.5 Å². The Kier molecular flexibility index (Phi) is 7.14. The van der Waals surface area contributed by atoms with Crippen LogP contribution in [0.5, 0.6) is 0 Å². The van der Waals surface area contributed by atoms with Gasteiger partial charge in [-0.2, -0.15) is 0 Å². The van der Waals surface area contributed by atoms with Crippen molar-refractivity contribution in [1.82, 2.24) is 14.5 Å². The Labute approximate surface area is 195 Å². The second-order valence-corrected chi connectivity index (χ2v) is 9.66. The van der Waals surface area contributed by atoms with Crippen molar-refractivity contribution in [3.63, 3.8) is 0 Å². The number of nitrogens with zero attached hydrogens (tertiary/aromatic N) is 4. The first kappa shape index (κ1) is 23.4. The summed E-state index contributed by atoms with van der Waals surface area (Å²) in [6.45, 7) is 4.83. The van der Waals surface area contributed by atoms with Gasteiger partial charge in [-0.25, -0.2) is 4.98 Å². The topological polar surface area (TPSA) is 105 Å². The molecule has 1 atom stereocenters. The third-order valence-corrected chi connectivity index (χ3v) is 7.09. The second kappa shape index (κ2) is 10.1. The van der Waals surface area contributed by atoms with Gasteiger partial charge in [0.25, 0.3) is 5.56 Å². The van der Waals surface area contributed by atoms with Crippen LogP contribution in [0.3, 0.4) is 0 Å². The van der Waals surface area contributed by atoms with Crippen LogP contribution in [0.2, 0.25) is 0 Å². The summed E-state index contributed by atoms with van der Waals surface area (Å²) in [5, 5.41) is 11.1. The lowest BCUT2D eigenvalue weighted by atomic mass is 9.90. The molecule has 0 radical (unpaired) electrons. The summed E-state index contributed by atoms with van der Waals surface area (Å²) < 4.78 is 1.48. The molecule has 4 rings (SSSR count). The maximum Gasteiger partial charge on any atom is 0.255 e. The summed E-state index contributed by atoms with van der Waals surface area (Å²) in [5.41, 5.74) is 5.93. The van der Waals surface area contributed by atoms with Crippen LogP contribution in [-0.2, 0) is 11.3 Å². The van der Waals surface area contributed by atoms with Gasteiger partial charge in [0.2, 0.25) is 5.91 Å². The van der Waals surface area contributed by atoms with E-state index in [0.29, 0.717) is 38.2 Å². The lowest BCUT2D eigenvalue weighted by Crippen LogP contribution is -2.49. The van der Waals surface area contributed by atoms with Crippen molar-refractivity contribution in [2.75, 3.05) is 31.1 Å². The van der Waals surface area contributed by atoms with Gasteiger partial charge in [-0.1, -0.05) is 37.3 Å². The summed E-state index contributed by atoms with van der Waals surface area (Å²) in [6, 6.07) is 11.8. The van der Waals surface area contributed by atoms with Crippen molar-refractivity contribution in [3.05, 3.63) is 58.6 Å². The van der Waals surface area contributed by atoms with Gasteiger partial charge in [-0.3, -0.25) is 14.2 Å². The van der Waals surface area contributed by atoms with E-state index in [4.69, 9.17) is 5.73 Å². The van der Waals surface area contributed by atoms with Gasteiger partial charge in [0.15, 0.2) is 0 Å². The Balaban J connectivity index is 1.31. The number of hydrogen-bond acceptors (Lipinski definition) is 6. The number of benzene rings is 1. The van der Waals surface area contributed by atoms with Crippen LogP contribution in [0, 0.1) is 0 Å². The highest BCUT2D eigenvalue weighted by Crippen LogP contribution is 2.26. The molecule has 3 N–H and O–H groups in total. The summed E-state index contributed by atoms with van der Waals surface area (Å²) in [5.74, 6) is 0.930. The second-order valence-electron chi connectivity index (χ2n) is 9.66. The third-order valence-electron chi connectivity index (χ3n) is 7.09. The van der Waals surface area contributed by atoms with Crippen molar-refractivity contribution >= 4 is 11.7 Å². The zero-order chi connectivity index (χ0) is 23.4. The summed E-state index contributed by atoms with van der Waals surface area (Å²) in [7, 11) is 0. The number of carbonyl (C=O) groups is 1. The van der Waals surface area contributed by atoms with Gasteiger partial charge >= 0.3 is 0 Å². The number of aliphatic hydroxyl groups is 1. The van der Waals surface area contributed by atoms with Crippen LogP contribution in [-0.4, -0.2) is 63.3 Å². The van der Waals surface area contributed by atoms with E-state index in [-0.39, 0.29) is 30.0 Å². The van der Waals surface area contributed by atoms with Crippen molar-refractivity contribution in [2.45, 2.75) is 63.1 Å². The lowest BCUT2D eigenvalue weighted by Gasteiger charge is -2.38. The number of likely N-dealkylation sites (tertiary alicyclic amines) is 1. The Bertz CT molecular complexity index is 993. The summed E-state index contributed by atoms with van der Waals surface area (Å²) in [4.78, 5) is 33.8. The minimum atomic E-state index is -1.02. The van der Waals surface area contributed by atoms with E-state index in [1.165, 1.54) is 10.9 Å². The standard InChI is InChI=1S/C25H35N5O3/c1-19(20-5-3-2-4-6-20)15-23(31)29-13-9-25(33,10-14-29)17-30-18-27-22(16-24(30)32)28-11-7-21(26)8-12-28/h2-6,16,18-19,21,33H,7-15,17,26H2,1H3/t19-/m1/s1. The lowest BCUT2D eigenvalue weighted by molar-refractivity contribution is -0.136. The molecular formula is C25H35N5O3. The average Bonchev–Trinajstić information content (AvgIpc) is 2.82. The number of carbonyl (C=O) groups excluding carboxylic acids is 1. The fourth-order valence-electron chi connectivity index (χ4n) is 4.77. The SMILES string of the molecule is C[C@H](CC(=O)N1CCC(O)(Cn2cnc(N3CCC(N)CC3)cc2=O)CC1)c1ccccc1. The molecule has 2 saturated heterocycles. The molecule has 8 heteroatoms. The maximum absolute atomic E-state index is 12.8. The molecule has 0 spiro atoms. The number of piperidine rings is 2.